The Morgan fingerprint density at radius 1 is 0.941 bits per heavy atom. The number of aromatic nitrogens is 2. The summed E-state index contributed by atoms with van der Waals surface area (Å²) < 4.78 is 1.47. The molecule has 2 heterocycles. The van der Waals surface area contributed by atoms with E-state index >= 15 is 0 Å². The molecular formula is C25H19N5O4. The number of non-ortho nitro benzene ring substituents is 1. The lowest BCUT2D eigenvalue weighted by atomic mass is 10.1. The number of fused-ring (bicyclic) bond motifs is 1. The summed E-state index contributed by atoms with van der Waals surface area (Å²) in [5.74, 6) is -0.488. The molecule has 0 unspecified atom stereocenters. The van der Waals surface area contributed by atoms with E-state index in [9.17, 15) is 19.7 Å². The molecule has 5 rings (SSSR count). The summed E-state index contributed by atoms with van der Waals surface area (Å²) in [5.41, 5.74) is 3.93. The van der Waals surface area contributed by atoms with E-state index in [4.69, 9.17) is 0 Å². The summed E-state index contributed by atoms with van der Waals surface area (Å²) in [4.78, 5) is 37.7. The summed E-state index contributed by atoms with van der Waals surface area (Å²) in [5, 5.41) is 17.8. The first-order chi connectivity index (χ1) is 16.5. The molecular weight excluding hydrogens is 434 g/mol. The maximum Gasteiger partial charge on any atom is 0.276 e. The topological polar surface area (TPSA) is 110 Å². The van der Waals surface area contributed by atoms with E-state index in [1.165, 1.54) is 16.8 Å². The van der Waals surface area contributed by atoms with Crippen LogP contribution in [0.15, 0.2) is 85.1 Å². The molecule has 1 aromatic heterocycles. The van der Waals surface area contributed by atoms with Gasteiger partial charge < -0.3 is 10.2 Å². The van der Waals surface area contributed by atoms with Crippen LogP contribution in [0.3, 0.4) is 0 Å². The van der Waals surface area contributed by atoms with Gasteiger partial charge in [0, 0.05) is 41.8 Å². The zero-order valence-corrected chi connectivity index (χ0v) is 17.9. The van der Waals surface area contributed by atoms with Gasteiger partial charge in [-0.15, -0.1) is 0 Å². The second-order valence-electron chi connectivity index (χ2n) is 7.79. The largest absolute Gasteiger partial charge is 0.321 e. The Morgan fingerprint density at radius 2 is 1.68 bits per heavy atom. The molecule has 4 aromatic rings. The molecule has 9 nitrogen and oxygen atoms in total. The summed E-state index contributed by atoms with van der Waals surface area (Å²) in [6, 6.07) is 22.0. The first kappa shape index (κ1) is 21.1. The molecule has 9 heteroatoms. The molecule has 1 aliphatic rings. The number of hydrogen-bond acceptors (Lipinski definition) is 5. The molecule has 0 radical (unpaired) electrons. The van der Waals surface area contributed by atoms with Gasteiger partial charge in [-0.3, -0.25) is 19.7 Å². The molecule has 0 atom stereocenters. The zero-order valence-electron chi connectivity index (χ0n) is 17.9. The standard InChI is InChI=1S/C25H19N5O4/c31-24(22-14-16-29(27-22)20-9-11-21(12-10-20)30(33)34)26-19-7-5-18(6-8-19)25(32)28-15-13-17-3-1-2-4-23(17)28/h1-12,14,16H,13,15H2,(H,26,31). The van der Waals surface area contributed by atoms with Crippen LogP contribution in [0.5, 0.6) is 0 Å². The van der Waals surface area contributed by atoms with E-state index in [0.29, 0.717) is 23.5 Å². The molecule has 0 spiro atoms. The van der Waals surface area contributed by atoms with Crippen molar-refractivity contribution in [3.8, 4) is 5.69 Å². The minimum Gasteiger partial charge on any atom is -0.321 e. The number of carbonyl (C=O) groups is 2. The van der Waals surface area contributed by atoms with Crippen LogP contribution in [-0.2, 0) is 6.42 Å². The zero-order chi connectivity index (χ0) is 23.7. The third-order valence-corrected chi connectivity index (χ3v) is 5.67. The van der Waals surface area contributed by atoms with Crippen molar-refractivity contribution in [1.82, 2.24) is 9.78 Å². The van der Waals surface area contributed by atoms with Crippen molar-refractivity contribution >= 4 is 28.9 Å². The van der Waals surface area contributed by atoms with Gasteiger partial charge in [-0.25, -0.2) is 4.68 Å². The maximum atomic E-state index is 12.9. The summed E-state index contributed by atoms with van der Waals surface area (Å²) in [7, 11) is 0. The van der Waals surface area contributed by atoms with Crippen LogP contribution in [0, 0.1) is 10.1 Å². The third kappa shape index (κ3) is 4.02. The Kier molecular flexibility index (Phi) is 5.35. The lowest BCUT2D eigenvalue weighted by molar-refractivity contribution is -0.384. The van der Waals surface area contributed by atoms with Crippen LogP contribution >= 0.6 is 0 Å². The van der Waals surface area contributed by atoms with Gasteiger partial charge in [0.2, 0.25) is 0 Å². The SMILES string of the molecule is O=C(Nc1ccc(C(=O)N2CCc3ccccc32)cc1)c1ccn(-c2ccc([N+](=O)[O-])cc2)n1. The number of nitrogens with zero attached hydrogens (tertiary/aromatic N) is 4. The summed E-state index contributed by atoms with van der Waals surface area (Å²) in [6.45, 7) is 0.647. The summed E-state index contributed by atoms with van der Waals surface area (Å²) >= 11 is 0. The highest BCUT2D eigenvalue weighted by atomic mass is 16.6. The Morgan fingerprint density at radius 3 is 2.41 bits per heavy atom. The fourth-order valence-electron chi connectivity index (χ4n) is 3.91. The Bertz CT molecular complexity index is 1390. The fourth-order valence-corrected chi connectivity index (χ4v) is 3.91. The minimum atomic E-state index is -0.478. The second-order valence-corrected chi connectivity index (χ2v) is 7.79. The highest BCUT2D eigenvalue weighted by molar-refractivity contribution is 6.08. The van der Waals surface area contributed by atoms with Crippen LogP contribution in [-0.4, -0.2) is 33.1 Å². The third-order valence-electron chi connectivity index (χ3n) is 5.67. The van der Waals surface area contributed by atoms with Crippen LogP contribution < -0.4 is 10.2 Å². The monoisotopic (exact) mass is 453 g/mol. The van der Waals surface area contributed by atoms with Gasteiger partial charge in [0.25, 0.3) is 17.5 Å². The number of nitrogens with one attached hydrogen (secondary N) is 1. The van der Waals surface area contributed by atoms with Crippen LogP contribution in [0.1, 0.15) is 26.4 Å². The maximum absolute atomic E-state index is 12.9. The number of benzene rings is 3. The normalized spacial score (nSPS) is 12.3. The van der Waals surface area contributed by atoms with Gasteiger partial charge in [0.1, 0.15) is 0 Å². The number of nitro groups is 1. The van der Waals surface area contributed by atoms with Crippen LogP contribution in [0.4, 0.5) is 17.1 Å². The van der Waals surface area contributed by atoms with Crippen LogP contribution in [0.2, 0.25) is 0 Å². The Hall–Kier alpha value is -4.79. The fraction of sp³-hybridized carbons (Fsp3) is 0.0800. The van der Waals surface area contributed by atoms with Gasteiger partial charge in [-0.2, -0.15) is 5.10 Å². The average molecular weight is 453 g/mol. The average Bonchev–Trinajstić information content (AvgIpc) is 3.52. The molecule has 1 N–H and O–H groups in total. The van der Waals surface area contributed by atoms with Crippen LogP contribution in [0.25, 0.3) is 5.69 Å². The molecule has 168 valence electrons. The lowest BCUT2D eigenvalue weighted by Crippen LogP contribution is -2.28. The number of anilines is 2. The predicted molar refractivity (Wildman–Crippen MR) is 126 cm³/mol. The molecule has 0 bridgehead atoms. The first-order valence-electron chi connectivity index (χ1n) is 10.6. The van der Waals surface area contributed by atoms with Crippen molar-refractivity contribution in [2.24, 2.45) is 0 Å². The van der Waals surface area contributed by atoms with E-state index in [-0.39, 0.29) is 17.3 Å². The first-order valence-corrected chi connectivity index (χ1v) is 10.6. The quantitative estimate of drug-likeness (QED) is 0.359. The van der Waals surface area contributed by atoms with Crippen molar-refractivity contribution in [3.05, 3.63) is 112 Å². The number of amides is 2. The van der Waals surface area contributed by atoms with Gasteiger partial charge in [-0.05, 0) is 60.5 Å². The molecule has 0 saturated heterocycles. The number of nitro benzene ring substituents is 1. The predicted octanol–water partition coefficient (Wildman–Crippen LogP) is 4.24. The number of para-hydroxylation sites is 1. The van der Waals surface area contributed by atoms with E-state index in [1.807, 2.05) is 24.3 Å². The van der Waals surface area contributed by atoms with Crippen molar-refractivity contribution in [1.29, 1.82) is 0 Å². The van der Waals surface area contributed by atoms with E-state index < -0.39 is 10.8 Å². The molecule has 1 aliphatic heterocycles. The number of rotatable bonds is 5. The van der Waals surface area contributed by atoms with E-state index in [1.54, 1.807) is 53.6 Å². The van der Waals surface area contributed by atoms with E-state index in [0.717, 1.165) is 17.7 Å². The molecule has 2 amide bonds. The Labute approximate surface area is 194 Å². The van der Waals surface area contributed by atoms with Crippen molar-refractivity contribution in [2.75, 3.05) is 16.8 Å². The van der Waals surface area contributed by atoms with Gasteiger partial charge in [0.05, 0.1) is 10.6 Å². The Balaban J connectivity index is 1.25. The second kappa shape index (κ2) is 8.62. The minimum absolute atomic E-state index is 0.0234. The van der Waals surface area contributed by atoms with Crippen molar-refractivity contribution in [3.63, 3.8) is 0 Å². The summed E-state index contributed by atoms with van der Waals surface area (Å²) in [6.07, 6.45) is 2.44. The van der Waals surface area contributed by atoms with Gasteiger partial charge >= 0.3 is 0 Å². The smallest absolute Gasteiger partial charge is 0.276 e. The molecule has 0 saturated carbocycles. The number of carbonyl (C=O) groups excluding carboxylic acids is 2. The molecule has 0 fully saturated rings. The highest BCUT2D eigenvalue weighted by Crippen LogP contribution is 2.29. The molecule has 0 aliphatic carbocycles. The van der Waals surface area contributed by atoms with E-state index in [2.05, 4.69) is 10.4 Å². The van der Waals surface area contributed by atoms with Crippen molar-refractivity contribution < 1.29 is 14.5 Å². The molecule has 3 aromatic carbocycles. The van der Waals surface area contributed by atoms with Crippen molar-refractivity contribution in [2.45, 2.75) is 6.42 Å². The van der Waals surface area contributed by atoms with Gasteiger partial charge in [-0.1, -0.05) is 18.2 Å². The lowest BCUT2D eigenvalue weighted by Gasteiger charge is -2.17. The highest BCUT2D eigenvalue weighted by Gasteiger charge is 2.25. The van der Waals surface area contributed by atoms with Gasteiger partial charge in [0.15, 0.2) is 5.69 Å². The molecule has 34 heavy (non-hydrogen) atoms. The number of hydrogen-bond donors (Lipinski definition) is 1.